The van der Waals surface area contributed by atoms with Gasteiger partial charge in [0.25, 0.3) is 0 Å². The highest BCUT2D eigenvalue weighted by molar-refractivity contribution is 7.07. The molecule has 0 amide bonds. The molecule has 14 heavy (non-hydrogen) atoms. The molecule has 0 bridgehead atoms. The minimum Gasteiger partial charge on any atom is -0.378 e. The predicted octanol–water partition coefficient (Wildman–Crippen LogP) is 2.28. The maximum Gasteiger partial charge on any atom is 0.142 e. The summed E-state index contributed by atoms with van der Waals surface area (Å²) in [7, 11) is 0. The van der Waals surface area contributed by atoms with Crippen LogP contribution < -0.4 is 0 Å². The highest BCUT2D eigenvalue weighted by Gasteiger charge is 2.27. The zero-order valence-electron chi connectivity index (χ0n) is 8.23. The van der Waals surface area contributed by atoms with Crippen molar-refractivity contribution in [1.29, 1.82) is 0 Å². The molecule has 2 atom stereocenters. The average molecular weight is 210 g/mol. The first-order chi connectivity index (χ1) is 6.75. The number of hydrogen-bond acceptors (Lipinski definition) is 3. The van der Waals surface area contributed by atoms with Gasteiger partial charge >= 0.3 is 0 Å². The van der Waals surface area contributed by atoms with Crippen LogP contribution >= 0.6 is 11.3 Å². The molecule has 0 aliphatic carbocycles. The molecular formula is C11H14O2S. The normalized spacial score (nSPS) is 26.6. The molecule has 2 nitrogen and oxygen atoms in total. The lowest BCUT2D eigenvalue weighted by molar-refractivity contribution is -0.122. The molecule has 2 unspecified atom stereocenters. The van der Waals surface area contributed by atoms with Gasteiger partial charge in [-0.15, -0.1) is 0 Å². The Bertz CT molecular complexity index is 305. The number of carbonyl (C=O) groups excluding carboxylic acids is 1. The lowest BCUT2D eigenvalue weighted by atomic mass is 9.97. The molecule has 0 N–H and O–H groups in total. The fourth-order valence-corrected chi connectivity index (χ4v) is 2.45. The third kappa shape index (κ3) is 2.22. The second-order valence-electron chi connectivity index (χ2n) is 3.85. The van der Waals surface area contributed by atoms with Gasteiger partial charge in [0.15, 0.2) is 0 Å². The van der Waals surface area contributed by atoms with E-state index in [1.807, 2.05) is 23.8 Å². The first kappa shape index (κ1) is 9.87. The van der Waals surface area contributed by atoms with Crippen molar-refractivity contribution in [2.24, 2.45) is 5.92 Å². The van der Waals surface area contributed by atoms with E-state index in [1.54, 1.807) is 11.3 Å². The van der Waals surface area contributed by atoms with Gasteiger partial charge < -0.3 is 4.74 Å². The zero-order valence-corrected chi connectivity index (χ0v) is 9.05. The van der Waals surface area contributed by atoms with Crippen LogP contribution in [0.4, 0.5) is 0 Å². The number of Topliss-reactive ketones (excluding diaryl/α,β-unsaturated/α-hetero) is 1. The van der Waals surface area contributed by atoms with Crippen molar-refractivity contribution in [1.82, 2.24) is 0 Å². The summed E-state index contributed by atoms with van der Waals surface area (Å²) in [6, 6.07) is 2.02. The van der Waals surface area contributed by atoms with E-state index in [4.69, 9.17) is 4.74 Å². The number of rotatable bonds is 3. The van der Waals surface area contributed by atoms with Gasteiger partial charge in [-0.1, -0.05) is 0 Å². The third-order valence-corrected chi connectivity index (χ3v) is 3.34. The van der Waals surface area contributed by atoms with Gasteiger partial charge in [0, 0.05) is 12.3 Å². The van der Waals surface area contributed by atoms with Crippen molar-refractivity contribution in [3.63, 3.8) is 0 Å². The van der Waals surface area contributed by atoms with Crippen LogP contribution in [0.1, 0.15) is 18.9 Å². The van der Waals surface area contributed by atoms with Gasteiger partial charge in [0.1, 0.15) is 5.78 Å². The Kier molecular flexibility index (Phi) is 2.99. The number of carbonyl (C=O) groups is 1. The van der Waals surface area contributed by atoms with Crippen molar-refractivity contribution in [2.75, 3.05) is 6.61 Å². The minimum absolute atomic E-state index is 0.130. The Morgan fingerprint density at radius 1 is 1.71 bits per heavy atom. The topological polar surface area (TPSA) is 26.3 Å². The molecule has 1 aliphatic rings. The predicted molar refractivity (Wildman–Crippen MR) is 56.6 cm³/mol. The van der Waals surface area contributed by atoms with Crippen molar-refractivity contribution < 1.29 is 9.53 Å². The zero-order chi connectivity index (χ0) is 9.97. The van der Waals surface area contributed by atoms with Crippen LogP contribution in [0.2, 0.25) is 0 Å². The summed E-state index contributed by atoms with van der Waals surface area (Å²) in [5.74, 6) is 0.456. The van der Waals surface area contributed by atoms with Crippen LogP contribution in [0.3, 0.4) is 0 Å². The SMILES string of the molecule is CC1CC(C(=O)Cc2ccsc2)CO1. The lowest BCUT2D eigenvalue weighted by Crippen LogP contribution is -2.16. The van der Waals surface area contributed by atoms with E-state index in [9.17, 15) is 4.79 Å². The quantitative estimate of drug-likeness (QED) is 0.765. The van der Waals surface area contributed by atoms with Crippen LogP contribution in [-0.4, -0.2) is 18.5 Å². The summed E-state index contributed by atoms with van der Waals surface area (Å²) in [6.07, 6.45) is 1.72. The van der Waals surface area contributed by atoms with Crippen molar-refractivity contribution in [3.8, 4) is 0 Å². The summed E-state index contributed by atoms with van der Waals surface area (Å²) in [4.78, 5) is 11.8. The van der Waals surface area contributed by atoms with Crippen LogP contribution in [0.5, 0.6) is 0 Å². The van der Waals surface area contributed by atoms with E-state index in [-0.39, 0.29) is 12.0 Å². The molecule has 1 aliphatic heterocycles. The van der Waals surface area contributed by atoms with Crippen LogP contribution in [0.15, 0.2) is 16.8 Å². The third-order valence-electron chi connectivity index (χ3n) is 2.61. The minimum atomic E-state index is 0.130. The number of ketones is 1. The lowest BCUT2D eigenvalue weighted by Gasteiger charge is -2.04. The first-order valence-corrected chi connectivity index (χ1v) is 5.85. The summed E-state index contributed by atoms with van der Waals surface area (Å²) in [5, 5.41) is 4.05. The summed E-state index contributed by atoms with van der Waals surface area (Å²) < 4.78 is 5.39. The largest absolute Gasteiger partial charge is 0.378 e. The van der Waals surface area contributed by atoms with Gasteiger partial charge in [-0.05, 0) is 35.7 Å². The Morgan fingerprint density at radius 3 is 3.14 bits per heavy atom. The molecule has 1 fully saturated rings. The fourth-order valence-electron chi connectivity index (χ4n) is 1.78. The molecule has 0 saturated carbocycles. The van der Waals surface area contributed by atoms with Crippen LogP contribution in [-0.2, 0) is 16.0 Å². The smallest absolute Gasteiger partial charge is 0.142 e. The van der Waals surface area contributed by atoms with Crippen LogP contribution in [0, 0.1) is 5.92 Å². The number of ether oxygens (including phenoxy) is 1. The Balaban J connectivity index is 1.90. The van der Waals surface area contributed by atoms with Crippen molar-refractivity contribution in [3.05, 3.63) is 22.4 Å². The monoisotopic (exact) mass is 210 g/mol. The Hall–Kier alpha value is -0.670. The fraction of sp³-hybridized carbons (Fsp3) is 0.545. The highest BCUT2D eigenvalue weighted by atomic mass is 32.1. The second kappa shape index (κ2) is 4.24. The molecule has 76 valence electrons. The molecule has 3 heteroatoms. The van der Waals surface area contributed by atoms with E-state index < -0.39 is 0 Å². The highest BCUT2D eigenvalue weighted by Crippen LogP contribution is 2.21. The first-order valence-electron chi connectivity index (χ1n) is 4.91. The molecule has 0 aromatic carbocycles. The van der Waals surface area contributed by atoms with Gasteiger partial charge in [0.2, 0.25) is 0 Å². The molecular weight excluding hydrogens is 196 g/mol. The van der Waals surface area contributed by atoms with Gasteiger partial charge in [-0.2, -0.15) is 11.3 Å². The molecule has 1 saturated heterocycles. The molecule has 1 aromatic heterocycles. The molecule has 0 spiro atoms. The van der Waals surface area contributed by atoms with E-state index in [0.717, 1.165) is 12.0 Å². The summed E-state index contributed by atoms with van der Waals surface area (Å²) >= 11 is 1.64. The second-order valence-corrected chi connectivity index (χ2v) is 4.63. The summed E-state index contributed by atoms with van der Waals surface area (Å²) in [5.41, 5.74) is 1.14. The average Bonchev–Trinajstić information content (AvgIpc) is 2.75. The Morgan fingerprint density at radius 2 is 2.57 bits per heavy atom. The molecule has 2 rings (SSSR count). The van der Waals surface area contributed by atoms with E-state index >= 15 is 0 Å². The maximum atomic E-state index is 11.8. The van der Waals surface area contributed by atoms with Gasteiger partial charge in [0.05, 0.1) is 12.7 Å². The van der Waals surface area contributed by atoms with E-state index in [1.165, 1.54) is 0 Å². The molecule has 2 heterocycles. The van der Waals surface area contributed by atoms with Crippen molar-refractivity contribution in [2.45, 2.75) is 25.9 Å². The van der Waals surface area contributed by atoms with Crippen LogP contribution in [0.25, 0.3) is 0 Å². The standard InChI is InChI=1S/C11H14O2S/c1-8-4-10(6-13-8)11(12)5-9-2-3-14-7-9/h2-3,7-8,10H,4-6H2,1H3. The Labute approximate surface area is 87.9 Å². The number of thiophene rings is 1. The van der Waals surface area contributed by atoms with Gasteiger partial charge in [-0.3, -0.25) is 4.79 Å². The van der Waals surface area contributed by atoms with Gasteiger partial charge in [-0.25, -0.2) is 0 Å². The maximum absolute atomic E-state index is 11.8. The number of hydrogen-bond donors (Lipinski definition) is 0. The molecule has 1 aromatic rings. The van der Waals surface area contributed by atoms with E-state index in [0.29, 0.717) is 18.8 Å². The summed E-state index contributed by atoms with van der Waals surface area (Å²) in [6.45, 7) is 2.64. The van der Waals surface area contributed by atoms with Crippen molar-refractivity contribution >= 4 is 17.1 Å². The molecule has 0 radical (unpaired) electrons. The van der Waals surface area contributed by atoms with E-state index in [2.05, 4.69) is 0 Å².